The monoisotopic (exact) mass is 517 g/mol. The molecule has 3 rings (SSSR count). The van der Waals surface area contributed by atoms with E-state index in [2.05, 4.69) is 0 Å². The first-order chi connectivity index (χ1) is 16.4. The summed E-state index contributed by atoms with van der Waals surface area (Å²) in [6.45, 7) is -1.34. The Labute approximate surface area is 197 Å². The van der Waals surface area contributed by atoms with Crippen molar-refractivity contribution >= 4 is 5.97 Å². The van der Waals surface area contributed by atoms with Gasteiger partial charge in [0.05, 0.1) is 19.3 Å². The summed E-state index contributed by atoms with van der Waals surface area (Å²) in [7, 11) is 0. The summed E-state index contributed by atoms with van der Waals surface area (Å²) in [5, 5.41) is 98.5. The Morgan fingerprint density at radius 2 is 1.34 bits per heavy atom. The zero-order chi connectivity index (χ0) is 26.2. The summed E-state index contributed by atoms with van der Waals surface area (Å²) in [6.07, 6.45) is -24.3. The van der Waals surface area contributed by atoms with Crippen LogP contribution in [0.5, 0.6) is 0 Å². The van der Waals surface area contributed by atoms with Crippen LogP contribution in [0.25, 0.3) is 0 Å². The molecule has 17 nitrogen and oxygen atoms in total. The van der Waals surface area contributed by atoms with E-state index in [1.165, 1.54) is 0 Å². The van der Waals surface area contributed by atoms with Crippen molar-refractivity contribution in [2.45, 2.75) is 92.1 Å². The molecule has 3 heterocycles. The van der Waals surface area contributed by atoms with Crippen LogP contribution in [0.1, 0.15) is 0 Å². The first-order valence-corrected chi connectivity index (χ1v) is 10.7. The molecule has 204 valence electrons. The molecule has 0 aromatic carbocycles. The smallest absolute Gasteiger partial charge is 0.335 e. The molecular formula is C18H31NO16. The molecule has 0 saturated carbocycles. The van der Waals surface area contributed by atoms with Crippen LogP contribution in [0.4, 0.5) is 0 Å². The van der Waals surface area contributed by atoms with Gasteiger partial charge in [-0.3, -0.25) is 0 Å². The van der Waals surface area contributed by atoms with E-state index < -0.39 is 111 Å². The molecule has 0 aromatic rings. The van der Waals surface area contributed by atoms with E-state index >= 15 is 0 Å². The Morgan fingerprint density at radius 1 is 0.743 bits per heavy atom. The Hall–Kier alpha value is -1.13. The molecule has 0 aromatic heterocycles. The van der Waals surface area contributed by atoms with Crippen molar-refractivity contribution in [1.29, 1.82) is 0 Å². The van der Waals surface area contributed by atoms with Crippen LogP contribution in [-0.2, 0) is 28.5 Å². The molecule has 17 heteroatoms. The highest BCUT2D eigenvalue weighted by Crippen LogP contribution is 2.29. The topological polar surface area (TPSA) is 292 Å². The van der Waals surface area contributed by atoms with Crippen LogP contribution in [0, 0.1) is 0 Å². The highest BCUT2D eigenvalue weighted by atomic mass is 16.7. The van der Waals surface area contributed by atoms with Crippen molar-refractivity contribution in [3.63, 3.8) is 0 Å². The predicted octanol–water partition coefficient (Wildman–Crippen LogP) is -7.51. The minimum atomic E-state index is -2.03. The van der Waals surface area contributed by atoms with E-state index in [-0.39, 0.29) is 0 Å². The summed E-state index contributed by atoms with van der Waals surface area (Å²) in [4.78, 5) is 11.5. The lowest BCUT2D eigenvalue weighted by molar-refractivity contribution is -0.343. The maximum atomic E-state index is 11.5. The average Bonchev–Trinajstić information content (AvgIpc) is 2.82. The molecule has 0 amide bonds. The molecule has 0 aliphatic carbocycles. The fourth-order valence-corrected chi connectivity index (χ4v) is 3.96. The molecule has 12 N–H and O–H groups in total. The fourth-order valence-electron chi connectivity index (χ4n) is 3.96. The number of carboxylic acid groups (broad SMARTS) is 1. The number of hydrogen-bond donors (Lipinski definition) is 11. The van der Waals surface area contributed by atoms with Gasteiger partial charge >= 0.3 is 5.97 Å². The number of ether oxygens (including phenoxy) is 5. The maximum absolute atomic E-state index is 11.5. The van der Waals surface area contributed by atoms with Gasteiger partial charge in [-0.2, -0.15) is 0 Å². The van der Waals surface area contributed by atoms with Gasteiger partial charge in [0.15, 0.2) is 25.0 Å². The summed E-state index contributed by atoms with van der Waals surface area (Å²) in [5.74, 6) is -1.66. The minimum Gasteiger partial charge on any atom is -0.479 e. The SMILES string of the molecule is NC1[C@@H](O[C@@H]2C(C(=O)O)O[C@H](O)C(O)[C@H]2O)OC(CO[C@H]2OC(CO)[C@H](O)[C@H](O)C2O)[C@@H](O)[C@@H]1O. The number of nitrogens with two attached hydrogens (primary N) is 1. The fraction of sp³-hybridized carbons (Fsp3) is 0.944. The normalized spacial score (nSPS) is 51.2. The van der Waals surface area contributed by atoms with Gasteiger partial charge in [0.2, 0.25) is 0 Å². The summed E-state index contributed by atoms with van der Waals surface area (Å²) < 4.78 is 26.1. The quantitative estimate of drug-likeness (QED) is 0.149. The Kier molecular flexibility index (Phi) is 9.35. The number of aliphatic hydroxyl groups excluding tert-OH is 9. The molecule has 0 spiro atoms. The van der Waals surface area contributed by atoms with E-state index in [1.54, 1.807) is 0 Å². The van der Waals surface area contributed by atoms with Crippen LogP contribution in [0.2, 0.25) is 0 Å². The molecule has 15 atom stereocenters. The van der Waals surface area contributed by atoms with E-state index in [9.17, 15) is 55.9 Å². The second-order valence-corrected chi connectivity index (χ2v) is 8.50. The van der Waals surface area contributed by atoms with Crippen molar-refractivity contribution in [1.82, 2.24) is 0 Å². The maximum Gasteiger partial charge on any atom is 0.335 e. The third kappa shape index (κ3) is 5.74. The van der Waals surface area contributed by atoms with Gasteiger partial charge in [-0.25, -0.2) is 4.79 Å². The van der Waals surface area contributed by atoms with Gasteiger partial charge in [-0.05, 0) is 0 Å². The predicted molar refractivity (Wildman–Crippen MR) is 104 cm³/mol. The molecule has 6 unspecified atom stereocenters. The Balaban J connectivity index is 1.69. The second kappa shape index (κ2) is 11.5. The number of carboxylic acids is 1. The van der Waals surface area contributed by atoms with Gasteiger partial charge in [0.1, 0.15) is 61.0 Å². The van der Waals surface area contributed by atoms with Crippen molar-refractivity contribution in [3.8, 4) is 0 Å². The second-order valence-electron chi connectivity index (χ2n) is 8.50. The molecule has 0 radical (unpaired) electrons. The standard InChI is InChI=1S/C18H31NO16/c19-5-8(23)7(22)4(2-31-18-12(27)9(24)6(21)3(1-20)32-18)33-17(5)35-13-10(25)11(26)16(30)34-14(13)15(28)29/h3-14,16-18,20-27,30H,1-2,19H2,(H,28,29)/t3?,4?,5?,6-,7+,8+,9-,10+,11?,12?,13-,14?,16-,17+,18-/m0/s1. The van der Waals surface area contributed by atoms with Crippen LogP contribution >= 0.6 is 0 Å². The summed E-state index contributed by atoms with van der Waals surface area (Å²) in [5.41, 5.74) is 5.82. The third-order valence-corrected chi connectivity index (χ3v) is 6.12. The Morgan fingerprint density at radius 3 is 1.94 bits per heavy atom. The highest BCUT2D eigenvalue weighted by Gasteiger charge is 2.52. The Bertz CT molecular complexity index is 714. The van der Waals surface area contributed by atoms with Gasteiger partial charge in [0, 0.05) is 0 Å². The van der Waals surface area contributed by atoms with E-state index in [1.807, 2.05) is 0 Å². The van der Waals surface area contributed by atoms with Crippen molar-refractivity contribution in [2.75, 3.05) is 13.2 Å². The zero-order valence-corrected chi connectivity index (χ0v) is 18.1. The van der Waals surface area contributed by atoms with Crippen LogP contribution < -0.4 is 5.73 Å². The zero-order valence-electron chi connectivity index (χ0n) is 18.1. The van der Waals surface area contributed by atoms with E-state index in [0.29, 0.717) is 0 Å². The lowest BCUT2D eigenvalue weighted by atomic mass is 9.96. The average molecular weight is 517 g/mol. The molecule has 3 saturated heterocycles. The van der Waals surface area contributed by atoms with Gasteiger partial charge in [-0.15, -0.1) is 0 Å². The van der Waals surface area contributed by atoms with Crippen molar-refractivity contribution < 1.29 is 79.5 Å². The molecule has 0 bridgehead atoms. The third-order valence-electron chi connectivity index (χ3n) is 6.12. The first-order valence-electron chi connectivity index (χ1n) is 10.7. The largest absolute Gasteiger partial charge is 0.479 e. The lowest BCUT2D eigenvalue weighted by Crippen LogP contribution is -2.67. The van der Waals surface area contributed by atoms with Crippen molar-refractivity contribution in [2.24, 2.45) is 5.73 Å². The highest BCUT2D eigenvalue weighted by molar-refractivity contribution is 5.73. The number of hydrogen-bond acceptors (Lipinski definition) is 16. The van der Waals surface area contributed by atoms with E-state index in [0.717, 1.165) is 0 Å². The van der Waals surface area contributed by atoms with Crippen LogP contribution in [0.3, 0.4) is 0 Å². The lowest BCUT2D eigenvalue weighted by Gasteiger charge is -2.45. The molecular weight excluding hydrogens is 486 g/mol. The van der Waals surface area contributed by atoms with Gasteiger partial charge in [-0.1, -0.05) is 0 Å². The molecule has 3 aliphatic rings. The van der Waals surface area contributed by atoms with E-state index in [4.69, 9.17) is 29.4 Å². The van der Waals surface area contributed by atoms with Crippen LogP contribution in [0.15, 0.2) is 0 Å². The summed E-state index contributed by atoms with van der Waals surface area (Å²) >= 11 is 0. The molecule has 3 fully saturated rings. The summed E-state index contributed by atoms with van der Waals surface area (Å²) in [6, 6.07) is -1.49. The van der Waals surface area contributed by atoms with Crippen molar-refractivity contribution in [3.05, 3.63) is 0 Å². The van der Waals surface area contributed by atoms with Crippen LogP contribution in [-0.4, -0.2) is 162 Å². The van der Waals surface area contributed by atoms with Gasteiger partial charge in [0.25, 0.3) is 0 Å². The minimum absolute atomic E-state index is 0.624. The molecule has 3 aliphatic heterocycles. The first kappa shape index (κ1) is 28.4. The number of carbonyl (C=O) groups is 1. The number of rotatable bonds is 7. The van der Waals surface area contributed by atoms with Gasteiger partial charge < -0.3 is 80.5 Å². The number of aliphatic carboxylic acids is 1. The molecule has 35 heavy (non-hydrogen) atoms. The number of aliphatic hydroxyl groups is 9.